The molecule has 0 aliphatic heterocycles. The smallest absolute Gasteiger partial charge is 0.266 e. The molecule has 0 bridgehead atoms. The van der Waals surface area contributed by atoms with E-state index in [1.807, 2.05) is 69.3 Å². The first-order valence-electron chi connectivity index (χ1n) is 10.00. The van der Waals surface area contributed by atoms with Gasteiger partial charge in [-0.25, -0.2) is 4.98 Å². The summed E-state index contributed by atoms with van der Waals surface area (Å²) in [7, 11) is 0. The summed E-state index contributed by atoms with van der Waals surface area (Å²) in [6.07, 6.45) is 8.59. The minimum Gasteiger partial charge on any atom is -0.396 e. The average Bonchev–Trinajstić information content (AvgIpc) is 2.76. The molecule has 31 heavy (non-hydrogen) atoms. The Bertz CT molecular complexity index is 1380. The van der Waals surface area contributed by atoms with Gasteiger partial charge in [-0.2, -0.15) is 0 Å². The van der Waals surface area contributed by atoms with Crippen molar-refractivity contribution in [1.82, 2.24) is 14.5 Å². The molecule has 0 aliphatic carbocycles. The van der Waals surface area contributed by atoms with Crippen molar-refractivity contribution in [2.45, 2.75) is 20.8 Å². The summed E-state index contributed by atoms with van der Waals surface area (Å²) in [5.41, 5.74) is 11.6. The number of nitrogen functional groups attached to an aromatic ring is 1. The van der Waals surface area contributed by atoms with Crippen molar-refractivity contribution < 1.29 is 0 Å². The van der Waals surface area contributed by atoms with Crippen molar-refractivity contribution in [3.63, 3.8) is 0 Å². The molecule has 0 radical (unpaired) electrons. The van der Waals surface area contributed by atoms with E-state index in [0.29, 0.717) is 28.1 Å². The molecule has 2 heterocycles. The van der Waals surface area contributed by atoms with E-state index >= 15 is 0 Å². The predicted molar refractivity (Wildman–Crippen MR) is 128 cm³/mol. The Kier molecular flexibility index (Phi) is 5.45. The summed E-state index contributed by atoms with van der Waals surface area (Å²) in [6, 6.07) is 13.3. The standard InChI is InChI=1S/C25H23N5O/c1-4-28-20-10-6-9-18(23(20)26)11-12-22-29-21-15-27-14-13-19(21)25(31)30(22)24-16(2)7-5-8-17(24)3/h4-15H,26H2,1-3H3/b12-11+,28-4+. The number of pyridine rings is 1. The maximum atomic E-state index is 13.5. The highest BCUT2D eigenvalue weighted by Gasteiger charge is 2.15. The van der Waals surface area contributed by atoms with Gasteiger partial charge in [0, 0.05) is 12.4 Å². The molecule has 0 unspecified atom stereocenters. The molecule has 0 aliphatic rings. The molecule has 0 fully saturated rings. The van der Waals surface area contributed by atoms with Crippen LogP contribution in [0.5, 0.6) is 0 Å². The zero-order valence-electron chi connectivity index (χ0n) is 17.7. The van der Waals surface area contributed by atoms with Gasteiger partial charge in [0.1, 0.15) is 5.82 Å². The lowest BCUT2D eigenvalue weighted by atomic mass is 10.1. The molecule has 0 atom stereocenters. The van der Waals surface area contributed by atoms with Gasteiger partial charge < -0.3 is 5.73 Å². The molecular formula is C25H23N5O. The topological polar surface area (TPSA) is 86.2 Å². The number of rotatable bonds is 4. The number of anilines is 1. The maximum Gasteiger partial charge on any atom is 0.266 e. The van der Waals surface area contributed by atoms with Crippen molar-refractivity contribution >= 4 is 40.6 Å². The molecule has 0 saturated carbocycles. The third kappa shape index (κ3) is 3.75. The number of benzene rings is 2. The lowest BCUT2D eigenvalue weighted by molar-refractivity contribution is 0.923. The monoisotopic (exact) mass is 409 g/mol. The molecule has 4 aromatic rings. The van der Waals surface area contributed by atoms with Gasteiger partial charge in [-0.05, 0) is 61.7 Å². The first-order chi connectivity index (χ1) is 15.0. The van der Waals surface area contributed by atoms with Crippen LogP contribution in [-0.2, 0) is 0 Å². The third-order valence-electron chi connectivity index (χ3n) is 5.16. The minimum atomic E-state index is -0.137. The van der Waals surface area contributed by atoms with Crippen LogP contribution in [0, 0.1) is 13.8 Å². The second kappa shape index (κ2) is 8.36. The van der Waals surface area contributed by atoms with Crippen molar-refractivity contribution in [2.24, 2.45) is 4.99 Å². The van der Waals surface area contributed by atoms with E-state index in [-0.39, 0.29) is 5.56 Å². The van der Waals surface area contributed by atoms with Crippen molar-refractivity contribution in [3.8, 4) is 5.69 Å². The lowest BCUT2D eigenvalue weighted by Crippen LogP contribution is -2.24. The summed E-state index contributed by atoms with van der Waals surface area (Å²) >= 11 is 0. The molecule has 2 aromatic heterocycles. The Morgan fingerprint density at radius 3 is 2.52 bits per heavy atom. The van der Waals surface area contributed by atoms with E-state index in [9.17, 15) is 4.79 Å². The van der Waals surface area contributed by atoms with Crippen LogP contribution >= 0.6 is 0 Å². The lowest BCUT2D eigenvalue weighted by Gasteiger charge is -2.16. The highest BCUT2D eigenvalue weighted by Crippen LogP contribution is 2.27. The van der Waals surface area contributed by atoms with Gasteiger partial charge in [-0.3, -0.25) is 19.3 Å². The molecule has 0 saturated heterocycles. The Labute approximate surface area is 180 Å². The van der Waals surface area contributed by atoms with Crippen LogP contribution in [0.25, 0.3) is 28.7 Å². The molecule has 0 amide bonds. The van der Waals surface area contributed by atoms with E-state index in [0.717, 1.165) is 22.4 Å². The number of aliphatic imine (C=N–C) groups is 1. The Hall–Kier alpha value is -4.06. The summed E-state index contributed by atoms with van der Waals surface area (Å²) in [6.45, 7) is 5.82. The molecular weight excluding hydrogens is 386 g/mol. The molecule has 154 valence electrons. The van der Waals surface area contributed by atoms with Crippen LogP contribution in [-0.4, -0.2) is 20.7 Å². The third-order valence-corrected chi connectivity index (χ3v) is 5.16. The number of aryl methyl sites for hydroxylation is 2. The highest BCUT2D eigenvalue weighted by molar-refractivity contribution is 5.84. The molecule has 2 aromatic carbocycles. The second-order valence-electron chi connectivity index (χ2n) is 7.24. The fourth-order valence-electron chi connectivity index (χ4n) is 3.67. The Morgan fingerprint density at radius 2 is 1.77 bits per heavy atom. The maximum absolute atomic E-state index is 13.5. The number of fused-ring (bicyclic) bond motifs is 1. The number of hydrogen-bond acceptors (Lipinski definition) is 5. The van der Waals surface area contributed by atoms with Gasteiger partial charge in [0.05, 0.1) is 34.2 Å². The summed E-state index contributed by atoms with van der Waals surface area (Å²) in [4.78, 5) is 26.7. The van der Waals surface area contributed by atoms with E-state index in [1.54, 1.807) is 29.2 Å². The van der Waals surface area contributed by atoms with E-state index in [1.165, 1.54) is 0 Å². The van der Waals surface area contributed by atoms with Gasteiger partial charge in [0.25, 0.3) is 5.56 Å². The first kappa shape index (κ1) is 20.2. The van der Waals surface area contributed by atoms with E-state index in [2.05, 4.69) is 9.98 Å². The van der Waals surface area contributed by atoms with Crippen LogP contribution in [0.2, 0.25) is 0 Å². The Morgan fingerprint density at radius 1 is 1.03 bits per heavy atom. The molecule has 6 nitrogen and oxygen atoms in total. The van der Waals surface area contributed by atoms with Crippen molar-refractivity contribution in [3.05, 3.63) is 87.7 Å². The van der Waals surface area contributed by atoms with Gasteiger partial charge in [-0.1, -0.05) is 30.3 Å². The van der Waals surface area contributed by atoms with Crippen LogP contribution in [0.15, 0.2) is 64.6 Å². The van der Waals surface area contributed by atoms with Gasteiger partial charge in [0.15, 0.2) is 0 Å². The molecule has 2 N–H and O–H groups in total. The summed E-state index contributed by atoms with van der Waals surface area (Å²) in [5, 5.41) is 0.522. The minimum absolute atomic E-state index is 0.137. The number of nitrogens with two attached hydrogens (primary N) is 1. The molecule has 0 spiro atoms. The zero-order valence-corrected chi connectivity index (χ0v) is 17.7. The Balaban J connectivity index is 1.97. The van der Waals surface area contributed by atoms with Crippen LogP contribution in [0.1, 0.15) is 29.4 Å². The first-order valence-corrected chi connectivity index (χ1v) is 10.00. The number of para-hydroxylation sites is 2. The second-order valence-corrected chi connectivity index (χ2v) is 7.24. The zero-order chi connectivity index (χ0) is 22.0. The quantitative estimate of drug-likeness (QED) is 0.385. The number of aromatic nitrogens is 3. The van der Waals surface area contributed by atoms with Gasteiger partial charge >= 0.3 is 0 Å². The highest BCUT2D eigenvalue weighted by atomic mass is 16.1. The SMILES string of the molecule is C/C=N/c1cccc(/C=C/c2nc3cnccc3c(=O)n2-c2c(C)cccc2C)c1N. The van der Waals surface area contributed by atoms with Crippen molar-refractivity contribution in [2.75, 3.05) is 5.73 Å². The summed E-state index contributed by atoms with van der Waals surface area (Å²) in [5.74, 6) is 0.506. The fourth-order valence-corrected chi connectivity index (χ4v) is 3.67. The van der Waals surface area contributed by atoms with Crippen LogP contribution in [0.3, 0.4) is 0 Å². The average molecular weight is 409 g/mol. The summed E-state index contributed by atoms with van der Waals surface area (Å²) < 4.78 is 1.66. The fraction of sp³-hybridized carbons (Fsp3) is 0.120. The van der Waals surface area contributed by atoms with Gasteiger partial charge in [0.2, 0.25) is 0 Å². The largest absolute Gasteiger partial charge is 0.396 e. The van der Waals surface area contributed by atoms with E-state index in [4.69, 9.17) is 10.7 Å². The number of nitrogens with zero attached hydrogens (tertiary/aromatic N) is 4. The van der Waals surface area contributed by atoms with Crippen molar-refractivity contribution in [1.29, 1.82) is 0 Å². The van der Waals surface area contributed by atoms with Crippen LogP contribution in [0.4, 0.5) is 11.4 Å². The van der Waals surface area contributed by atoms with Gasteiger partial charge in [-0.15, -0.1) is 0 Å². The van der Waals surface area contributed by atoms with E-state index < -0.39 is 0 Å². The number of hydrogen-bond donors (Lipinski definition) is 1. The molecule has 4 rings (SSSR count). The normalized spacial score (nSPS) is 11.7. The predicted octanol–water partition coefficient (Wildman–Crippen LogP) is 4.87. The molecule has 6 heteroatoms. The van der Waals surface area contributed by atoms with Crippen LogP contribution < -0.4 is 11.3 Å².